The van der Waals surface area contributed by atoms with Crippen LogP contribution in [0.2, 0.25) is 0 Å². The quantitative estimate of drug-likeness (QED) is 0.468. The topological polar surface area (TPSA) is 85.2 Å². The normalized spacial score (nSPS) is 49.1. The van der Waals surface area contributed by atoms with Gasteiger partial charge in [0, 0.05) is 6.08 Å². The van der Waals surface area contributed by atoms with Crippen molar-refractivity contribution in [2.24, 2.45) is 35.0 Å². The van der Waals surface area contributed by atoms with Crippen LogP contribution in [0.15, 0.2) is 11.6 Å². The standard InChI is InChI=1S/C27H44O6/c1-8-14(2)13-19(28)32-24-23(30)22(29)16(4)31-25(24)33-27(7)12-11-18-21(26(18,5)6)20-15(3)9-10-17(20)27/h13,15-18,20-25,29-30H,8-12H2,1-7H3/b14-13-/t15-,16-,17+,18-,20-,21-,22+,23+,24-,25+,27-/m1/s1. The van der Waals surface area contributed by atoms with Crippen molar-refractivity contribution in [3.63, 3.8) is 0 Å². The largest absolute Gasteiger partial charge is 0.451 e. The van der Waals surface area contributed by atoms with E-state index >= 15 is 0 Å². The Kier molecular flexibility index (Phi) is 6.80. The molecule has 11 atom stereocenters. The monoisotopic (exact) mass is 464 g/mol. The number of aliphatic hydroxyl groups is 2. The molecule has 0 aromatic rings. The number of hydrogen-bond acceptors (Lipinski definition) is 6. The first kappa shape index (κ1) is 25.2. The number of ether oxygens (including phenoxy) is 3. The molecule has 0 bridgehead atoms. The molecule has 6 heteroatoms. The molecule has 1 heterocycles. The second kappa shape index (κ2) is 8.92. The number of esters is 1. The third kappa shape index (κ3) is 4.41. The molecule has 4 aliphatic rings. The molecule has 3 aliphatic carbocycles. The molecule has 188 valence electrons. The SMILES string of the molecule is CC/C(C)=C\C(=O)O[C@H]1[C@H](O[C@]2(C)CC[C@@H]3[C@H]([C@@H]4[C@H](C)CC[C@@H]42)C3(C)C)O[C@H](C)[C@H](O)[C@@H]1O. The molecule has 6 nitrogen and oxygen atoms in total. The molecular formula is C27H44O6. The Labute approximate surface area is 199 Å². The average molecular weight is 465 g/mol. The second-order valence-corrected chi connectivity index (χ2v) is 12.1. The van der Waals surface area contributed by atoms with Crippen molar-refractivity contribution in [3.8, 4) is 0 Å². The van der Waals surface area contributed by atoms with E-state index in [9.17, 15) is 15.0 Å². The maximum Gasteiger partial charge on any atom is 0.331 e. The summed E-state index contributed by atoms with van der Waals surface area (Å²) in [4.78, 5) is 12.5. The Morgan fingerprint density at radius 2 is 1.79 bits per heavy atom. The molecule has 0 unspecified atom stereocenters. The van der Waals surface area contributed by atoms with E-state index in [1.54, 1.807) is 6.92 Å². The lowest BCUT2D eigenvalue weighted by Crippen LogP contribution is -2.61. The van der Waals surface area contributed by atoms with Crippen molar-refractivity contribution in [1.29, 1.82) is 0 Å². The van der Waals surface area contributed by atoms with E-state index < -0.39 is 42.3 Å². The molecule has 0 aromatic heterocycles. The van der Waals surface area contributed by atoms with Crippen LogP contribution in [0.5, 0.6) is 0 Å². The van der Waals surface area contributed by atoms with E-state index in [0.717, 1.165) is 43.1 Å². The fourth-order valence-electron chi connectivity index (χ4n) is 7.38. The molecule has 1 saturated heterocycles. The zero-order chi connectivity index (χ0) is 24.3. The van der Waals surface area contributed by atoms with Gasteiger partial charge in [-0.25, -0.2) is 4.79 Å². The molecule has 0 radical (unpaired) electrons. The Morgan fingerprint density at radius 1 is 1.09 bits per heavy atom. The van der Waals surface area contributed by atoms with Crippen LogP contribution in [0.1, 0.15) is 80.6 Å². The molecule has 4 rings (SSSR count). The summed E-state index contributed by atoms with van der Waals surface area (Å²) < 4.78 is 18.4. The summed E-state index contributed by atoms with van der Waals surface area (Å²) in [5.41, 5.74) is 0.865. The van der Waals surface area contributed by atoms with E-state index in [4.69, 9.17) is 14.2 Å². The smallest absolute Gasteiger partial charge is 0.331 e. The van der Waals surface area contributed by atoms with Gasteiger partial charge >= 0.3 is 5.97 Å². The van der Waals surface area contributed by atoms with Gasteiger partial charge in [0.05, 0.1) is 11.7 Å². The lowest BCUT2D eigenvalue weighted by Gasteiger charge is -2.47. The summed E-state index contributed by atoms with van der Waals surface area (Å²) in [5.74, 6) is 2.61. The van der Waals surface area contributed by atoms with Crippen molar-refractivity contribution < 1.29 is 29.2 Å². The molecule has 3 saturated carbocycles. The van der Waals surface area contributed by atoms with Crippen LogP contribution in [-0.4, -0.2) is 52.5 Å². The van der Waals surface area contributed by atoms with Gasteiger partial charge in [0.15, 0.2) is 12.4 Å². The molecule has 2 N–H and O–H groups in total. The summed E-state index contributed by atoms with van der Waals surface area (Å²) in [6, 6.07) is 0. The third-order valence-electron chi connectivity index (χ3n) is 9.69. The molecular weight excluding hydrogens is 420 g/mol. The Hall–Kier alpha value is -0.950. The van der Waals surface area contributed by atoms with Crippen molar-refractivity contribution in [1.82, 2.24) is 0 Å². The van der Waals surface area contributed by atoms with Crippen molar-refractivity contribution in [3.05, 3.63) is 11.6 Å². The molecule has 0 spiro atoms. The van der Waals surface area contributed by atoms with Crippen LogP contribution in [0, 0.1) is 35.0 Å². The van der Waals surface area contributed by atoms with Crippen molar-refractivity contribution in [2.75, 3.05) is 0 Å². The summed E-state index contributed by atoms with van der Waals surface area (Å²) in [5, 5.41) is 21.3. The lowest BCUT2D eigenvalue weighted by atomic mass is 9.74. The van der Waals surface area contributed by atoms with Gasteiger partial charge in [0.2, 0.25) is 0 Å². The summed E-state index contributed by atoms with van der Waals surface area (Å²) in [6.45, 7) is 14.9. The van der Waals surface area contributed by atoms with Gasteiger partial charge in [-0.1, -0.05) is 39.7 Å². The van der Waals surface area contributed by atoms with E-state index in [-0.39, 0.29) is 0 Å². The van der Waals surface area contributed by atoms with Crippen molar-refractivity contribution in [2.45, 2.75) is 117 Å². The number of carbonyl (C=O) groups is 1. The highest BCUT2D eigenvalue weighted by Crippen LogP contribution is 2.71. The maximum atomic E-state index is 12.5. The Bertz CT molecular complexity index is 777. The predicted molar refractivity (Wildman–Crippen MR) is 125 cm³/mol. The first-order chi connectivity index (χ1) is 15.4. The average Bonchev–Trinajstić information content (AvgIpc) is 3.12. The number of aliphatic hydroxyl groups excluding tert-OH is 2. The predicted octanol–water partition coefficient (Wildman–Crippen LogP) is 4.22. The fraction of sp³-hybridized carbons (Fsp3) is 0.889. The zero-order valence-electron chi connectivity index (χ0n) is 21.4. The minimum atomic E-state index is -1.27. The van der Waals surface area contributed by atoms with Crippen molar-refractivity contribution >= 4 is 5.97 Å². The summed E-state index contributed by atoms with van der Waals surface area (Å²) in [7, 11) is 0. The minimum Gasteiger partial charge on any atom is -0.451 e. The fourth-order valence-corrected chi connectivity index (χ4v) is 7.38. The lowest BCUT2D eigenvalue weighted by molar-refractivity contribution is -0.328. The van der Waals surface area contributed by atoms with Crippen LogP contribution >= 0.6 is 0 Å². The zero-order valence-corrected chi connectivity index (χ0v) is 21.4. The highest BCUT2D eigenvalue weighted by molar-refractivity contribution is 5.82. The van der Waals surface area contributed by atoms with Crippen LogP contribution in [0.3, 0.4) is 0 Å². The number of allylic oxidation sites excluding steroid dienone is 1. The number of carbonyl (C=O) groups excluding carboxylic acids is 1. The highest BCUT2D eigenvalue weighted by atomic mass is 16.7. The third-order valence-corrected chi connectivity index (χ3v) is 9.69. The Balaban J connectivity index is 1.57. The van der Waals surface area contributed by atoms with Crippen LogP contribution in [0.25, 0.3) is 0 Å². The number of rotatable bonds is 5. The Morgan fingerprint density at radius 3 is 2.45 bits per heavy atom. The maximum absolute atomic E-state index is 12.5. The molecule has 4 fully saturated rings. The number of hydrogen-bond donors (Lipinski definition) is 2. The minimum absolute atomic E-state index is 0.403. The molecule has 33 heavy (non-hydrogen) atoms. The van der Waals surface area contributed by atoms with Gasteiger partial charge < -0.3 is 24.4 Å². The van der Waals surface area contributed by atoms with Gasteiger partial charge in [-0.3, -0.25) is 0 Å². The van der Waals surface area contributed by atoms with E-state index in [0.29, 0.717) is 23.2 Å². The molecule has 0 aromatic carbocycles. The van der Waals surface area contributed by atoms with E-state index in [1.807, 2.05) is 13.8 Å². The summed E-state index contributed by atoms with van der Waals surface area (Å²) in [6.07, 6.45) is 1.52. The van der Waals surface area contributed by atoms with E-state index in [1.165, 1.54) is 12.5 Å². The first-order valence-corrected chi connectivity index (χ1v) is 13.0. The van der Waals surface area contributed by atoms with E-state index in [2.05, 4.69) is 27.7 Å². The summed E-state index contributed by atoms with van der Waals surface area (Å²) >= 11 is 0. The highest BCUT2D eigenvalue weighted by Gasteiger charge is 2.67. The second-order valence-electron chi connectivity index (χ2n) is 12.1. The molecule has 1 aliphatic heterocycles. The first-order valence-electron chi connectivity index (χ1n) is 13.0. The van der Waals surface area contributed by atoms with Crippen LogP contribution < -0.4 is 0 Å². The van der Waals surface area contributed by atoms with Gasteiger partial charge in [-0.05, 0) is 81.5 Å². The van der Waals surface area contributed by atoms with Crippen LogP contribution in [-0.2, 0) is 19.0 Å². The van der Waals surface area contributed by atoms with Gasteiger partial charge in [-0.15, -0.1) is 0 Å². The van der Waals surface area contributed by atoms with Gasteiger partial charge in [0.25, 0.3) is 0 Å². The van der Waals surface area contributed by atoms with Gasteiger partial charge in [-0.2, -0.15) is 0 Å². The van der Waals surface area contributed by atoms with Gasteiger partial charge in [0.1, 0.15) is 12.2 Å². The molecule has 0 amide bonds. The number of fused-ring (bicyclic) bond motifs is 3. The van der Waals surface area contributed by atoms with Crippen LogP contribution in [0.4, 0.5) is 0 Å².